The first-order chi connectivity index (χ1) is 9.71. The van der Waals surface area contributed by atoms with Gasteiger partial charge in [0.25, 0.3) is 0 Å². The molecule has 2 atom stereocenters. The van der Waals surface area contributed by atoms with Crippen molar-refractivity contribution >= 4 is 12.1 Å². The van der Waals surface area contributed by atoms with E-state index in [1.165, 1.54) is 0 Å². The van der Waals surface area contributed by atoms with Crippen molar-refractivity contribution < 1.29 is 19.4 Å². The molecule has 0 rings (SSSR count). The van der Waals surface area contributed by atoms with E-state index in [1.807, 2.05) is 13.8 Å². The maximum absolute atomic E-state index is 11.9. The summed E-state index contributed by atoms with van der Waals surface area (Å²) in [5.74, 6) is -1.40. The topological polar surface area (TPSA) is 75.6 Å². The molecule has 21 heavy (non-hydrogen) atoms. The molecule has 5 nitrogen and oxygen atoms in total. The molecule has 0 saturated carbocycles. The summed E-state index contributed by atoms with van der Waals surface area (Å²) in [5, 5.41) is 12.2. The fourth-order valence-electron chi connectivity index (χ4n) is 2.18. The third kappa shape index (κ3) is 9.32. The number of nitrogens with one attached hydrogen (secondary N) is 1. The fraction of sp³-hybridized carbons (Fsp3) is 0.875. The molecule has 1 amide bonds. The van der Waals surface area contributed by atoms with Crippen molar-refractivity contribution in [3.05, 3.63) is 0 Å². The van der Waals surface area contributed by atoms with E-state index >= 15 is 0 Å². The smallest absolute Gasteiger partial charge is 0.407 e. The SMILES string of the molecule is CCCC[C@H](NC(=O)OC(C)(C)C)[C@H](CCCC)C(=O)O. The van der Waals surface area contributed by atoms with Crippen molar-refractivity contribution in [1.82, 2.24) is 5.32 Å². The molecule has 0 spiro atoms. The third-order valence-electron chi connectivity index (χ3n) is 3.24. The Morgan fingerprint density at radius 2 is 1.62 bits per heavy atom. The molecule has 0 saturated heterocycles. The van der Waals surface area contributed by atoms with Gasteiger partial charge in [0.2, 0.25) is 0 Å². The molecule has 2 N–H and O–H groups in total. The predicted octanol–water partition coefficient (Wildman–Crippen LogP) is 3.96. The molecular weight excluding hydrogens is 270 g/mol. The predicted molar refractivity (Wildman–Crippen MR) is 83.3 cm³/mol. The summed E-state index contributed by atoms with van der Waals surface area (Å²) in [6.45, 7) is 9.45. The molecule has 0 bridgehead atoms. The first kappa shape index (κ1) is 19.7. The molecule has 0 unspecified atom stereocenters. The van der Waals surface area contributed by atoms with Crippen LogP contribution in [-0.4, -0.2) is 28.8 Å². The molecule has 0 heterocycles. The quantitative estimate of drug-likeness (QED) is 0.676. The number of amides is 1. The van der Waals surface area contributed by atoms with Crippen LogP contribution in [0.4, 0.5) is 4.79 Å². The van der Waals surface area contributed by atoms with Gasteiger partial charge in [-0.15, -0.1) is 0 Å². The Morgan fingerprint density at radius 3 is 2.05 bits per heavy atom. The lowest BCUT2D eigenvalue weighted by atomic mass is 9.90. The molecule has 0 aliphatic carbocycles. The van der Waals surface area contributed by atoms with Crippen LogP contribution in [0.1, 0.15) is 73.1 Å². The highest BCUT2D eigenvalue weighted by Gasteiger charge is 2.30. The zero-order valence-electron chi connectivity index (χ0n) is 14.1. The first-order valence-electron chi connectivity index (χ1n) is 7.93. The molecule has 0 fully saturated rings. The van der Waals surface area contributed by atoms with Gasteiger partial charge >= 0.3 is 12.1 Å². The number of carbonyl (C=O) groups is 2. The highest BCUT2D eigenvalue weighted by molar-refractivity contribution is 5.73. The minimum atomic E-state index is -0.847. The summed E-state index contributed by atoms with van der Waals surface area (Å²) in [6.07, 6.45) is 4.34. The fourth-order valence-corrected chi connectivity index (χ4v) is 2.18. The van der Waals surface area contributed by atoms with Gasteiger partial charge in [-0.2, -0.15) is 0 Å². The van der Waals surface area contributed by atoms with Gasteiger partial charge < -0.3 is 15.2 Å². The van der Waals surface area contributed by atoms with Gasteiger partial charge in [-0.3, -0.25) is 4.79 Å². The molecule has 0 aromatic rings. The highest BCUT2D eigenvalue weighted by atomic mass is 16.6. The van der Waals surface area contributed by atoms with Gasteiger partial charge in [0, 0.05) is 6.04 Å². The standard InChI is InChI=1S/C16H31NO4/c1-6-8-10-12(14(18)19)13(11-9-7-2)17-15(20)21-16(3,4)5/h12-13H,6-11H2,1-5H3,(H,17,20)(H,18,19)/t12-,13-/m0/s1. The number of ether oxygens (including phenoxy) is 1. The number of carbonyl (C=O) groups excluding carboxylic acids is 1. The van der Waals surface area contributed by atoms with E-state index in [-0.39, 0.29) is 6.04 Å². The van der Waals surface area contributed by atoms with Crippen LogP contribution in [0.5, 0.6) is 0 Å². The summed E-state index contributed by atoms with van der Waals surface area (Å²) in [7, 11) is 0. The summed E-state index contributed by atoms with van der Waals surface area (Å²) >= 11 is 0. The Kier molecular flexibility index (Phi) is 9.06. The number of alkyl carbamates (subject to hydrolysis) is 1. The van der Waals surface area contributed by atoms with Crippen molar-refractivity contribution in [1.29, 1.82) is 0 Å². The van der Waals surface area contributed by atoms with Crippen LogP contribution in [-0.2, 0) is 9.53 Å². The Labute approximate surface area is 128 Å². The largest absolute Gasteiger partial charge is 0.481 e. The minimum Gasteiger partial charge on any atom is -0.481 e. The second-order valence-corrected chi connectivity index (χ2v) is 6.48. The molecule has 0 aromatic heterocycles. The second kappa shape index (κ2) is 9.64. The molecule has 5 heteroatoms. The number of hydrogen-bond acceptors (Lipinski definition) is 3. The normalized spacial score (nSPS) is 14.3. The Bertz CT molecular complexity index is 323. The van der Waals surface area contributed by atoms with Crippen LogP contribution >= 0.6 is 0 Å². The summed E-state index contributed by atoms with van der Waals surface area (Å²) in [5.41, 5.74) is -0.582. The average molecular weight is 301 g/mol. The van der Waals surface area contributed by atoms with Gasteiger partial charge in [0.05, 0.1) is 5.92 Å². The zero-order chi connectivity index (χ0) is 16.5. The number of rotatable bonds is 9. The zero-order valence-corrected chi connectivity index (χ0v) is 14.1. The molecule has 0 aromatic carbocycles. The molecule has 0 radical (unpaired) electrons. The lowest BCUT2D eigenvalue weighted by Crippen LogP contribution is -2.45. The van der Waals surface area contributed by atoms with Gasteiger partial charge in [-0.05, 0) is 33.6 Å². The highest BCUT2D eigenvalue weighted by Crippen LogP contribution is 2.19. The van der Waals surface area contributed by atoms with E-state index in [0.29, 0.717) is 12.8 Å². The summed E-state index contributed by atoms with van der Waals surface area (Å²) in [4.78, 5) is 23.4. The van der Waals surface area contributed by atoms with E-state index in [0.717, 1.165) is 25.7 Å². The molecule has 0 aliphatic rings. The maximum atomic E-state index is 11.9. The van der Waals surface area contributed by atoms with Crippen LogP contribution in [0.3, 0.4) is 0 Å². The average Bonchev–Trinajstić information content (AvgIpc) is 2.33. The second-order valence-electron chi connectivity index (χ2n) is 6.48. The van der Waals surface area contributed by atoms with Crippen molar-refractivity contribution in [2.24, 2.45) is 5.92 Å². The van der Waals surface area contributed by atoms with Gasteiger partial charge in [-0.25, -0.2) is 4.79 Å². The first-order valence-corrected chi connectivity index (χ1v) is 7.93. The lowest BCUT2D eigenvalue weighted by molar-refractivity contribution is -0.143. The van der Waals surface area contributed by atoms with E-state index < -0.39 is 23.6 Å². The van der Waals surface area contributed by atoms with Crippen LogP contribution in [0.25, 0.3) is 0 Å². The monoisotopic (exact) mass is 301 g/mol. The van der Waals surface area contributed by atoms with Gasteiger partial charge in [0.15, 0.2) is 0 Å². The molecular formula is C16H31NO4. The van der Waals surface area contributed by atoms with Gasteiger partial charge in [-0.1, -0.05) is 39.5 Å². The molecule has 124 valence electrons. The Morgan fingerprint density at radius 1 is 1.10 bits per heavy atom. The van der Waals surface area contributed by atoms with E-state index in [1.54, 1.807) is 20.8 Å². The molecule has 0 aliphatic heterocycles. The maximum Gasteiger partial charge on any atom is 0.407 e. The number of carboxylic acid groups (broad SMARTS) is 1. The van der Waals surface area contributed by atoms with Crippen LogP contribution in [0.15, 0.2) is 0 Å². The van der Waals surface area contributed by atoms with Crippen LogP contribution in [0.2, 0.25) is 0 Å². The van der Waals surface area contributed by atoms with Crippen molar-refractivity contribution in [2.75, 3.05) is 0 Å². The van der Waals surface area contributed by atoms with Crippen LogP contribution < -0.4 is 5.32 Å². The summed E-state index contributed by atoms with van der Waals surface area (Å²) in [6, 6.07) is -0.371. The van der Waals surface area contributed by atoms with Crippen molar-refractivity contribution in [3.63, 3.8) is 0 Å². The number of hydrogen-bond donors (Lipinski definition) is 2. The lowest BCUT2D eigenvalue weighted by Gasteiger charge is -2.27. The minimum absolute atomic E-state index is 0.371. The van der Waals surface area contributed by atoms with E-state index in [4.69, 9.17) is 4.74 Å². The Balaban J connectivity index is 4.80. The third-order valence-corrected chi connectivity index (χ3v) is 3.24. The van der Waals surface area contributed by atoms with Crippen molar-refractivity contribution in [2.45, 2.75) is 84.8 Å². The van der Waals surface area contributed by atoms with Crippen LogP contribution in [0, 0.1) is 5.92 Å². The summed E-state index contributed by atoms with van der Waals surface area (Å²) < 4.78 is 5.24. The Hall–Kier alpha value is -1.26. The van der Waals surface area contributed by atoms with Crippen molar-refractivity contribution in [3.8, 4) is 0 Å². The van der Waals surface area contributed by atoms with Gasteiger partial charge in [0.1, 0.15) is 5.60 Å². The van der Waals surface area contributed by atoms with E-state index in [9.17, 15) is 14.7 Å². The number of unbranched alkanes of at least 4 members (excludes halogenated alkanes) is 2. The number of aliphatic carboxylic acids is 1. The number of carboxylic acids is 1. The van der Waals surface area contributed by atoms with E-state index in [2.05, 4.69) is 5.32 Å².